The number of aryl methyl sites for hydroxylation is 2. The molecule has 0 bridgehead atoms. The first-order valence-corrected chi connectivity index (χ1v) is 8.96. The van der Waals surface area contributed by atoms with Gasteiger partial charge in [0.2, 0.25) is 0 Å². The fraction of sp³-hybridized carbons (Fsp3) is 0.238. The second-order valence-corrected chi connectivity index (χ2v) is 7.08. The lowest BCUT2D eigenvalue weighted by molar-refractivity contribution is 0.546. The summed E-state index contributed by atoms with van der Waals surface area (Å²) in [6.07, 6.45) is 0. The highest BCUT2D eigenvalue weighted by Gasteiger charge is 2.33. The van der Waals surface area contributed by atoms with Gasteiger partial charge in [-0.2, -0.15) is 0 Å². The molecule has 0 N–H and O–H groups in total. The number of benzene rings is 2. The molecule has 2 aromatic heterocycles. The molecule has 0 saturated carbocycles. The molecule has 27 heavy (non-hydrogen) atoms. The van der Waals surface area contributed by atoms with Gasteiger partial charge < -0.3 is 0 Å². The monoisotopic (exact) mass is 358 g/mol. The number of hydrogen-bond acceptors (Lipinski definition) is 4. The van der Waals surface area contributed by atoms with Crippen LogP contribution in [0.2, 0.25) is 0 Å². The zero-order chi connectivity index (χ0) is 19.0. The first-order valence-electron chi connectivity index (χ1n) is 8.96. The lowest BCUT2D eigenvalue weighted by atomic mass is 9.92. The highest BCUT2D eigenvalue weighted by Crippen LogP contribution is 2.28. The molecule has 0 aliphatic rings. The number of aromatic nitrogens is 6. The molecular formula is C21H22N6. The van der Waals surface area contributed by atoms with Crippen LogP contribution in [0.25, 0.3) is 11.4 Å². The second kappa shape index (κ2) is 6.46. The van der Waals surface area contributed by atoms with Crippen LogP contribution in [-0.4, -0.2) is 29.5 Å². The summed E-state index contributed by atoms with van der Waals surface area (Å²) in [5.41, 5.74) is 1.46. The predicted molar refractivity (Wildman–Crippen MR) is 104 cm³/mol. The standard InChI is InChI=1S/C21H22N6/c1-15-22-19(24-26(15)17-11-7-5-8-12-17)21(3,4)20-23-16(2)27(25-20)18-13-9-6-10-14-18/h5-14H,1-4H3. The molecule has 0 fully saturated rings. The average Bonchev–Trinajstić information content (AvgIpc) is 3.27. The quantitative estimate of drug-likeness (QED) is 0.557. The van der Waals surface area contributed by atoms with E-state index in [1.54, 1.807) is 0 Å². The Morgan fingerprint density at radius 3 is 1.37 bits per heavy atom. The molecule has 0 saturated heterocycles. The third-order valence-electron chi connectivity index (χ3n) is 4.66. The van der Waals surface area contributed by atoms with Crippen molar-refractivity contribution < 1.29 is 0 Å². The van der Waals surface area contributed by atoms with Crippen LogP contribution in [0, 0.1) is 13.8 Å². The maximum atomic E-state index is 4.76. The summed E-state index contributed by atoms with van der Waals surface area (Å²) in [5.74, 6) is 3.08. The van der Waals surface area contributed by atoms with E-state index in [1.165, 1.54) is 0 Å². The Balaban J connectivity index is 1.75. The van der Waals surface area contributed by atoms with Crippen LogP contribution < -0.4 is 0 Å². The van der Waals surface area contributed by atoms with Crippen molar-refractivity contribution in [2.24, 2.45) is 0 Å². The lowest BCUT2D eigenvalue weighted by Gasteiger charge is -2.16. The normalized spacial score (nSPS) is 11.7. The van der Waals surface area contributed by atoms with Crippen LogP contribution in [0.4, 0.5) is 0 Å². The van der Waals surface area contributed by atoms with E-state index in [9.17, 15) is 0 Å². The molecular weight excluding hydrogens is 336 g/mol. The van der Waals surface area contributed by atoms with E-state index >= 15 is 0 Å². The van der Waals surface area contributed by atoms with Crippen molar-refractivity contribution in [1.82, 2.24) is 29.5 Å². The third kappa shape index (κ3) is 3.03. The highest BCUT2D eigenvalue weighted by molar-refractivity contribution is 5.34. The maximum Gasteiger partial charge on any atom is 0.164 e. The molecule has 6 nitrogen and oxygen atoms in total. The van der Waals surface area contributed by atoms with Gasteiger partial charge in [0, 0.05) is 0 Å². The topological polar surface area (TPSA) is 61.4 Å². The fourth-order valence-electron chi connectivity index (χ4n) is 3.04. The molecule has 0 aliphatic carbocycles. The number of rotatable bonds is 4. The largest absolute Gasteiger partial charge is 0.218 e. The van der Waals surface area contributed by atoms with Crippen molar-refractivity contribution in [3.8, 4) is 11.4 Å². The molecule has 2 heterocycles. The summed E-state index contributed by atoms with van der Waals surface area (Å²) in [4.78, 5) is 9.42. The minimum Gasteiger partial charge on any atom is -0.218 e. The van der Waals surface area contributed by atoms with Gasteiger partial charge in [-0.05, 0) is 52.0 Å². The average molecular weight is 358 g/mol. The summed E-state index contributed by atoms with van der Waals surface area (Å²) in [7, 11) is 0. The van der Waals surface area contributed by atoms with Crippen molar-refractivity contribution in [2.45, 2.75) is 33.1 Å². The Bertz CT molecular complexity index is 975. The third-order valence-corrected chi connectivity index (χ3v) is 4.66. The summed E-state index contributed by atoms with van der Waals surface area (Å²) in [6.45, 7) is 8.03. The molecule has 4 aromatic rings. The Hall–Kier alpha value is -3.28. The zero-order valence-corrected chi connectivity index (χ0v) is 16.0. The van der Waals surface area contributed by atoms with Crippen LogP contribution >= 0.6 is 0 Å². The number of para-hydroxylation sites is 2. The van der Waals surface area contributed by atoms with Crippen LogP contribution in [0.3, 0.4) is 0 Å². The van der Waals surface area contributed by atoms with Gasteiger partial charge in [-0.25, -0.2) is 19.3 Å². The van der Waals surface area contributed by atoms with E-state index in [1.807, 2.05) is 83.9 Å². The minimum atomic E-state index is -0.518. The van der Waals surface area contributed by atoms with Gasteiger partial charge in [-0.1, -0.05) is 36.4 Å². The van der Waals surface area contributed by atoms with E-state index in [-0.39, 0.29) is 0 Å². The zero-order valence-electron chi connectivity index (χ0n) is 16.0. The van der Waals surface area contributed by atoms with Crippen LogP contribution in [0.5, 0.6) is 0 Å². The van der Waals surface area contributed by atoms with Crippen molar-refractivity contribution in [2.75, 3.05) is 0 Å². The van der Waals surface area contributed by atoms with Crippen LogP contribution in [-0.2, 0) is 5.41 Å². The SMILES string of the molecule is Cc1nc(C(C)(C)c2nc(C)n(-c3ccccc3)n2)nn1-c1ccccc1. The molecule has 4 rings (SSSR count). The van der Waals surface area contributed by atoms with Gasteiger partial charge in [0.15, 0.2) is 11.6 Å². The molecule has 2 aromatic carbocycles. The summed E-state index contributed by atoms with van der Waals surface area (Å²) in [6, 6.07) is 20.0. The van der Waals surface area contributed by atoms with Gasteiger partial charge in [-0.15, -0.1) is 10.2 Å². The molecule has 0 radical (unpaired) electrons. The summed E-state index contributed by atoms with van der Waals surface area (Å²) >= 11 is 0. The molecule has 0 spiro atoms. The second-order valence-electron chi connectivity index (χ2n) is 7.08. The Morgan fingerprint density at radius 2 is 1.00 bits per heavy atom. The lowest BCUT2D eigenvalue weighted by Crippen LogP contribution is -2.23. The first-order chi connectivity index (χ1) is 13.0. The van der Waals surface area contributed by atoms with E-state index < -0.39 is 5.41 Å². The van der Waals surface area contributed by atoms with Crippen molar-refractivity contribution >= 4 is 0 Å². The van der Waals surface area contributed by atoms with Crippen molar-refractivity contribution in [1.29, 1.82) is 0 Å². The molecule has 0 unspecified atom stereocenters. The Kier molecular flexibility index (Phi) is 4.11. The van der Waals surface area contributed by atoms with Gasteiger partial charge in [0.25, 0.3) is 0 Å². The van der Waals surface area contributed by atoms with Gasteiger partial charge in [-0.3, -0.25) is 0 Å². The molecule has 136 valence electrons. The van der Waals surface area contributed by atoms with Crippen LogP contribution in [0.1, 0.15) is 37.1 Å². The van der Waals surface area contributed by atoms with Crippen LogP contribution in [0.15, 0.2) is 60.7 Å². The van der Waals surface area contributed by atoms with E-state index in [4.69, 9.17) is 20.2 Å². The minimum absolute atomic E-state index is 0.518. The number of nitrogens with zero attached hydrogens (tertiary/aromatic N) is 6. The van der Waals surface area contributed by atoms with Crippen molar-refractivity contribution in [3.05, 3.63) is 84.0 Å². The van der Waals surface area contributed by atoms with Crippen molar-refractivity contribution in [3.63, 3.8) is 0 Å². The number of hydrogen-bond donors (Lipinski definition) is 0. The molecule has 6 heteroatoms. The summed E-state index contributed by atoms with van der Waals surface area (Å²) in [5, 5.41) is 9.51. The predicted octanol–water partition coefficient (Wildman–Crippen LogP) is 3.79. The summed E-state index contributed by atoms with van der Waals surface area (Å²) < 4.78 is 3.72. The van der Waals surface area contributed by atoms with E-state index in [0.717, 1.165) is 23.0 Å². The van der Waals surface area contributed by atoms with E-state index in [2.05, 4.69) is 13.8 Å². The van der Waals surface area contributed by atoms with E-state index in [0.29, 0.717) is 11.6 Å². The smallest absolute Gasteiger partial charge is 0.164 e. The fourth-order valence-corrected chi connectivity index (χ4v) is 3.04. The molecule has 0 atom stereocenters. The maximum absolute atomic E-state index is 4.76. The Morgan fingerprint density at radius 1 is 0.630 bits per heavy atom. The van der Waals surface area contributed by atoms with Gasteiger partial charge in [0.05, 0.1) is 16.8 Å². The Labute approximate surface area is 158 Å². The van der Waals surface area contributed by atoms with Gasteiger partial charge in [0.1, 0.15) is 11.6 Å². The molecule has 0 aliphatic heterocycles. The van der Waals surface area contributed by atoms with Gasteiger partial charge >= 0.3 is 0 Å². The first kappa shape index (κ1) is 17.1. The highest BCUT2D eigenvalue weighted by atomic mass is 15.4. The molecule has 0 amide bonds.